The summed E-state index contributed by atoms with van der Waals surface area (Å²) < 4.78 is 21.7. The van der Waals surface area contributed by atoms with E-state index in [0.29, 0.717) is 115 Å². The van der Waals surface area contributed by atoms with Gasteiger partial charge in [-0.05, 0) is 253 Å². The first-order valence-corrected chi connectivity index (χ1v) is 56.6. The summed E-state index contributed by atoms with van der Waals surface area (Å²) in [6.07, 6.45) is 53.7. The number of hydrogen-bond donors (Lipinski definition) is 0. The van der Waals surface area contributed by atoms with E-state index in [-0.39, 0.29) is 40.6 Å². The molecule has 846 valence electrons. The fourth-order valence-corrected chi connectivity index (χ4v) is 12.3. The summed E-state index contributed by atoms with van der Waals surface area (Å²) in [5, 5.41) is 0. The minimum absolute atomic E-state index is 0.0244. The molecule has 0 aliphatic heterocycles. The third-order valence-corrected chi connectivity index (χ3v) is 21.3. The average molecular weight is 2050 g/mol. The van der Waals surface area contributed by atoms with E-state index in [1.165, 1.54) is 103 Å². The molecule has 0 spiro atoms. The maximum Gasteiger partial charge on any atom is 0.132 e. The van der Waals surface area contributed by atoms with Crippen molar-refractivity contribution in [1.29, 1.82) is 0 Å². The molecule has 4 aromatic heterocycles. The van der Waals surface area contributed by atoms with Gasteiger partial charge < -0.3 is 70.4 Å². The number of carbonyl (C=O) groups is 16. The molecule has 0 aromatic carbocycles. The zero-order valence-electron chi connectivity index (χ0n) is 100. The van der Waals surface area contributed by atoms with Gasteiger partial charge >= 0.3 is 0 Å². The maximum atomic E-state index is 11.2. The lowest BCUT2D eigenvalue weighted by Gasteiger charge is -2.12. The number of unbranched alkanes of at least 4 members (excludes halogenated alkanes) is 14. The second-order valence-corrected chi connectivity index (χ2v) is 38.7. The van der Waals surface area contributed by atoms with Crippen molar-refractivity contribution in [1.82, 2.24) is 0 Å². The summed E-state index contributed by atoms with van der Waals surface area (Å²) in [4.78, 5) is 168. The Morgan fingerprint density at radius 2 is 0.538 bits per heavy atom. The highest BCUT2D eigenvalue weighted by atomic mass is 16.4. The standard InChI is InChI=1S/C15H18O3.2C11H22O.C9H12O2.2C9H18O.C8H10O2.3C7H14O.3C6H12O.2C5H10O.C4H8O/c1-10(16)4-7-13(14-8-5-11(2)17-14)15-9-6-12(3)18-15;1-4-6-7-11(5-2)9-8-10(3)12;1-3-5-7-9-11(12)10-8-6-4-2;1-7(10)3-5-9-6-4-8(2)11-9;1-3-4-5-6-7-8-9(2)10;1-3-5-6-8-9(10)7-4-2;1-7(9)4-5-8-3-2-6-10-8;1-6(2)4-5-7(3)8;1-3-4-5-6-7(2)8;1-3-5-7(8)6-4-2;1-5(2)4-6(3)7;1-3-4-5-6(2)7;1-3-5-6(7)4-2;1-3-4-5(2)6;1-3-5(6)4-2;1-3-4(2)5/h5-6,8-9,13H,4,7H2,1-3H3;11H,4-9H2,1-3H3;3-10H2,1-2H3;4,6H,3,5H2,1-2H3;2*3-8H2,1-2H3;2-3,6H,4-5H2,1H3;6H,4-5H2,1-3H3;2*3-6H2,1-2H3;5H,4H2,1-3H3;2*3-5H2,1-2H3;2*3-4H2,1-2H3;3H2,1-2H3. The van der Waals surface area contributed by atoms with Crippen LogP contribution >= 0.6 is 0 Å². The Labute approximate surface area is 889 Å². The van der Waals surface area contributed by atoms with E-state index < -0.39 is 0 Å². The van der Waals surface area contributed by atoms with Crippen LogP contribution in [0.3, 0.4) is 0 Å². The molecule has 0 saturated carbocycles. The molecular formula is C125H226O20. The smallest absolute Gasteiger partial charge is 0.132 e. The van der Waals surface area contributed by atoms with E-state index >= 15 is 0 Å². The van der Waals surface area contributed by atoms with Gasteiger partial charge in [0.05, 0.1) is 12.2 Å². The van der Waals surface area contributed by atoms with Crippen molar-refractivity contribution in [2.75, 3.05) is 0 Å². The van der Waals surface area contributed by atoms with Gasteiger partial charge in [-0.15, -0.1) is 0 Å². The monoisotopic (exact) mass is 2050 g/mol. The number of rotatable bonds is 62. The highest BCUT2D eigenvalue weighted by Gasteiger charge is 2.22. The Morgan fingerprint density at radius 1 is 0.234 bits per heavy atom. The van der Waals surface area contributed by atoms with E-state index in [0.717, 1.165) is 245 Å². The second-order valence-electron chi connectivity index (χ2n) is 38.7. The molecule has 0 amide bonds. The molecule has 4 aromatic rings. The molecule has 1 atom stereocenters. The number of ketones is 16. The molecule has 145 heavy (non-hydrogen) atoms. The largest absolute Gasteiger partial charge is 0.469 e. The Bertz CT molecular complexity index is 3590. The number of hydrogen-bond acceptors (Lipinski definition) is 20. The van der Waals surface area contributed by atoms with Crippen LogP contribution in [0.1, 0.15) is 602 Å². The molecule has 4 heterocycles. The molecule has 0 bridgehead atoms. The zero-order valence-corrected chi connectivity index (χ0v) is 100. The van der Waals surface area contributed by atoms with Crippen molar-refractivity contribution in [2.45, 2.75) is 595 Å². The molecule has 1 unspecified atom stereocenters. The molecule has 0 radical (unpaired) electrons. The van der Waals surface area contributed by atoms with Crippen LogP contribution in [0.15, 0.2) is 72.5 Å². The van der Waals surface area contributed by atoms with Crippen LogP contribution in [0.4, 0.5) is 0 Å². The number of Topliss-reactive ketones (excluding diaryl/α,β-unsaturated/α-hetero) is 16. The molecule has 20 heteroatoms. The molecule has 20 nitrogen and oxygen atoms in total. The van der Waals surface area contributed by atoms with Crippen LogP contribution in [0.25, 0.3) is 0 Å². The first-order chi connectivity index (χ1) is 68.4. The SMILES string of the molecule is CC(=O)CC(C)C.CC(=O)CCC(C)C.CC(=O)CCC(c1ccc(C)o1)c1ccc(C)o1.CC(=O)CCc1ccc(C)o1.CC(=O)CCc1ccco1.CCC(=O)CC.CCC(C)=O.CCCC(=O)CC.CCCC(=O)CCC.CCCC(C)=O.CCCCC(C)=O.CCCCC(CC)CCC(C)=O.CCCCCC(=O)CCC.CCCCCC(=O)CCCCC.CCCCCC(C)=O.CCCCCCCC(C)=O. The van der Waals surface area contributed by atoms with Gasteiger partial charge in [-0.3, -0.25) is 24.0 Å². The van der Waals surface area contributed by atoms with Crippen LogP contribution < -0.4 is 0 Å². The van der Waals surface area contributed by atoms with Gasteiger partial charge in [-0.1, -0.05) is 255 Å². The number of carbonyl (C=O) groups excluding carboxylic acids is 16. The van der Waals surface area contributed by atoms with Gasteiger partial charge in [0.2, 0.25) is 0 Å². The lowest BCUT2D eigenvalue weighted by atomic mass is 9.94. The van der Waals surface area contributed by atoms with Crippen molar-refractivity contribution in [2.24, 2.45) is 17.8 Å². The van der Waals surface area contributed by atoms with Crippen molar-refractivity contribution >= 4 is 92.5 Å². The first kappa shape index (κ1) is 162. The van der Waals surface area contributed by atoms with Crippen molar-refractivity contribution < 1.29 is 94.4 Å². The summed E-state index contributed by atoms with van der Waals surface area (Å²) in [7, 11) is 0. The van der Waals surface area contributed by atoms with E-state index in [1.807, 2.05) is 139 Å². The van der Waals surface area contributed by atoms with Gasteiger partial charge in [0.15, 0.2) is 0 Å². The molecule has 0 saturated heterocycles. The van der Waals surface area contributed by atoms with Gasteiger partial charge in [0.25, 0.3) is 0 Å². The lowest BCUT2D eigenvalue weighted by molar-refractivity contribution is -0.120. The topological polar surface area (TPSA) is 326 Å². The van der Waals surface area contributed by atoms with Crippen molar-refractivity contribution in [3.63, 3.8) is 0 Å². The summed E-state index contributed by atoms with van der Waals surface area (Å²) in [5.41, 5.74) is 0. The van der Waals surface area contributed by atoms with Crippen molar-refractivity contribution in [3.05, 3.63) is 95.1 Å². The Kier molecular flexibility index (Phi) is 141. The third kappa shape index (κ3) is 161. The van der Waals surface area contributed by atoms with Crippen molar-refractivity contribution in [3.8, 4) is 0 Å². The number of aryl methyl sites for hydroxylation is 5. The lowest BCUT2D eigenvalue weighted by Crippen LogP contribution is -2.02. The van der Waals surface area contributed by atoms with Crippen LogP contribution in [0.5, 0.6) is 0 Å². The van der Waals surface area contributed by atoms with E-state index in [4.69, 9.17) is 17.7 Å². The first-order valence-electron chi connectivity index (χ1n) is 56.6. The predicted octanol–water partition coefficient (Wildman–Crippen LogP) is 36.3. The van der Waals surface area contributed by atoms with Crippen LogP contribution in [-0.4, -0.2) is 92.5 Å². The van der Waals surface area contributed by atoms with Crippen LogP contribution in [0, 0.1) is 38.5 Å². The summed E-state index contributed by atoms with van der Waals surface area (Å²) in [6, 6.07) is 15.3. The fourth-order valence-electron chi connectivity index (χ4n) is 12.3. The molecule has 4 rings (SSSR count). The summed E-state index contributed by atoms with van der Waals surface area (Å²) in [5.74, 6) is 13.2. The molecule has 0 fully saturated rings. The summed E-state index contributed by atoms with van der Waals surface area (Å²) >= 11 is 0. The van der Waals surface area contributed by atoms with E-state index in [1.54, 1.807) is 82.4 Å². The predicted molar refractivity (Wildman–Crippen MR) is 611 cm³/mol. The quantitative estimate of drug-likeness (QED) is 0.0371. The van der Waals surface area contributed by atoms with Gasteiger partial charge in [0.1, 0.15) is 133 Å². The normalized spacial score (nSPS) is 9.92. The van der Waals surface area contributed by atoms with E-state index in [2.05, 4.69) is 76.2 Å². The molecule has 0 aliphatic rings. The number of furan rings is 4. The van der Waals surface area contributed by atoms with E-state index in [9.17, 15) is 76.7 Å². The second kappa shape index (κ2) is 126. The molecule has 0 aliphatic carbocycles. The zero-order chi connectivity index (χ0) is 114. The van der Waals surface area contributed by atoms with Gasteiger partial charge in [-0.2, -0.15) is 0 Å². The molecule has 0 N–H and O–H groups in total. The Hall–Kier alpha value is -8.16. The third-order valence-electron chi connectivity index (χ3n) is 21.3. The maximum absolute atomic E-state index is 11.2. The highest BCUT2D eigenvalue weighted by Crippen LogP contribution is 2.32. The Morgan fingerprint density at radius 3 is 0.786 bits per heavy atom. The van der Waals surface area contributed by atoms with Gasteiger partial charge in [0, 0.05) is 148 Å². The molecular weight excluding hydrogens is 1820 g/mol. The Balaban J connectivity index is -0.000000132. The van der Waals surface area contributed by atoms with Crippen LogP contribution in [-0.2, 0) is 89.6 Å². The minimum atomic E-state index is 0.0244. The van der Waals surface area contributed by atoms with Crippen LogP contribution in [0.2, 0.25) is 0 Å². The highest BCUT2D eigenvalue weighted by molar-refractivity contribution is 5.81. The minimum Gasteiger partial charge on any atom is -0.469 e. The van der Waals surface area contributed by atoms with Gasteiger partial charge in [-0.25, -0.2) is 0 Å². The summed E-state index contributed by atoms with van der Waals surface area (Å²) in [6.45, 7) is 67.0. The average Bonchev–Trinajstić information content (AvgIpc) is 1.70. The fraction of sp³-hybridized carbons (Fsp3) is 0.744.